The monoisotopic (exact) mass is 444 g/mol. The molecule has 3 aromatic carbocycles. The molecule has 1 amide bonds. The number of nitriles is 1. The van der Waals surface area contributed by atoms with E-state index in [1.807, 2.05) is 54.6 Å². The van der Waals surface area contributed by atoms with Crippen LogP contribution in [0.3, 0.4) is 0 Å². The van der Waals surface area contributed by atoms with Crippen molar-refractivity contribution in [1.29, 1.82) is 5.26 Å². The molecule has 1 aliphatic rings. The number of carbonyl (C=O) groups excluding carboxylic acids is 1. The Morgan fingerprint density at radius 2 is 1.91 bits per heavy atom. The smallest absolute Gasteiger partial charge is 0.268 e. The van der Waals surface area contributed by atoms with Gasteiger partial charge >= 0.3 is 0 Å². The fourth-order valence-corrected chi connectivity index (χ4v) is 3.86. The summed E-state index contributed by atoms with van der Waals surface area (Å²) >= 11 is 6.19. The van der Waals surface area contributed by atoms with E-state index in [0.29, 0.717) is 35.2 Å². The molecule has 0 fully saturated rings. The Morgan fingerprint density at radius 3 is 2.69 bits per heavy atom. The van der Waals surface area contributed by atoms with Crippen molar-refractivity contribution in [2.45, 2.75) is 13.0 Å². The van der Waals surface area contributed by atoms with Crippen molar-refractivity contribution in [3.8, 4) is 17.6 Å². The van der Waals surface area contributed by atoms with Crippen molar-refractivity contribution in [1.82, 2.24) is 0 Å². The van der Waals surface area contributed by atoms with E-state index in [1.54, 1.807) is 36.3 Å². The Morgan fingerprint density at radius 1 is 1.12 bits per heavy atom. The van der Waals surface area contributed by atoms with Crippen LogP contribution in [0.1, 0.15) is 16.7 Å². The normalized spacial score (nSPS) is 12.8. The standard InChI is InChI=1S/C26H21ClN2O3/c1-31-25-15-18(10-11-24(25)32-17-20-7-2-4-8-22(20)27)14-21(16-28)26(30)29-13-12-19-6-3-5-9-23(19)29/h2-11,14-15H,12-13,17H2,1H3. The van der Waals surface area contributed by atoms with Crippen molar-refractivity contribution in [2.75, 3.05) is 18.6 Å². The third-order valence-corrected chi connectivity index (χ3v) is 5.69. The van der Waals surface area contributed by atoms with Crippen LogP contribution >= 0.6 is 11.6 Å². The minimum absolute atomic E-state index is 0.0634. The van der Waals surface area contributed by atoms with E-state index in [4.69, 9.17) is 21.1 Å². The molecule has 0 saturated carbocycles. The van der Waals surface area contributed by atoms with E-state index in [9.17, 15) is 10.1 Å². The van der Waals surface area contributed by atoms with Gasteiger partial charge in [-0.3, -0.25) is 4.79 Å². The van der Waals surface area contributed by atoms with E-state index in [2.05, 4.69) is 0 Å². The fraction of sp³-hybridized carbons (Fsp3) is 0.154. The Bertz CT molecular complexity index is 1230. The van der Waals surface area contributed by atoms with Gasteiger partial charge in [-0.1, -0.05) is 54.1 Å². The predicted molar refractivity (Wildman–Crippen MR) is 125 cm³/mol. The highest BCUT2D eigenvalue weighted by atomic mass is 35.5. The van der Waals surface area contributed by atoms with Gasteiger partial charge in [0.2, 0.25) is 0 Å². The number of para-hydroxylation sites is 1. The average molecular weight is 445 g/mol. The first-order valence-electron chi connectivity index (χ1n) is 10.2. The number of nitrogens with zero attached hydrogens (tertiary/aromatic N) is 2. The Balaban J connectivity index is 1.54. The molecule has 32 heavy (non-hydrogen) atoms. The molecule has 0 radical (unpaired) electrons. The van der Waals surface area contributed by atoms with Crippen LogP contribution in [0.4, 0.5) is 5.69 Å². The minimum Gasteiger partial charge on any atom is -0.493 e. The van der Waals surface area contributed by atoms with Gasteiger partial charge in [-0.2, -0.15) is 5.26 Å². The number of methoxy groups -OCH3 is 1. The van der Waals surface area contributed by atoms with Gasteiger partial charge in [-0.05, 0) is 47.9 Å². The molecule has 3 aromatic rings. The van der Waals surface area contributed by atoms with Gasteiger partial charge in [-0.25, -0.2) is 0 Å². The van der Waals surface area contributed by atoms with E-state index in [0.717, 1.165) is 23.2 Å². The molecule has 1 heterocycles. The first kappa shape index (κ1) is 21.5. The highest BCUT2D eigenvalue weighted by molar-refractivity contribution is 6.31. The second-order valence-electron chi connectivity index (χ2n) is 7.30. The fourth-order valence-electron chi connectivity index (χ4n) is 3.67. The molecule has 0 bridgehead atoms. The average Bonchev–Trinajstić information content (AvgIpc) is 3.26. The zero-order valence-corrected chi connectivity index (χ0v) is 18.3. The van der Waals surface area contributed by atoms with Crippen LogP contribution in [-0.2, 0) is 17.8 Å². The number of hydrogen-bond donors (Lipinski definition) is 0. The number of ether oxygens (including phenoxy) is 2. The highest BCUT2D eigenvalue weighted by Crippen LogP contribution is 2.32. The van der Waals surface area contributed by atoms with Crippen LogP contribution in [0.5, 0.6) is 11.5 Å². The number of halogens is 1. The van der Waals surface area contributed by atoms with Crippen molar-refractivity contribution < 1.29 is 14.3 Å². The first-order chi connectivity index (χ1) is 15.6. The molecule has 4 rings (SSSR count). The van der Waals surface area contributed by atoms with Crippen molar-refractivity contribution in [3.05, 3.63) is 94.0 Å². The second kappa shape index (κ2) is 9.59. The van der Waals surface area contributed by atoms with Crippen LogP contribution in [0.15, 0.2) is 72.3 Å². The molecule has 0 aliphatic carbocycles. The summed E-state index contributed by atoms with van der Waals surface area (Å²) in [5, 5.41) is 10.3. The van der Waals surface area contributed by atoms with Crippen molar-refractivity contribution >= 4 is 29.3 Å². The van der Waals surface area contributed by atoms with Gasteiger partial charge in [-0.15, -0.1) is 0 Å². The lowest BCUT2D eigenvalue weighted by Gasteiger charge is -2.16. The largest absolute Gasteiger partial charge is 0.493 e. The molecular weight excluding hydrogens is 424 g/mol. The number of hydrogen-bond acceptors (Lipinski definition) is 4. The minimum atomic E-state index is -0.310. The van der Waals surface area contributed by atoms with Crippen molar-refractivity contribution in [2.24, 2.45) is 0 Å². The first-order valence-corrected chi connectivity index (χ1v) is 10.5. The molecule has 5 nitrogen and oxygen atoms in total. The number of carbonyl (C=O) groups is 1. The maximum Gasteiger partial charge on any atom is 0.268 e. The lowest BCUT2D eigenvalue weighted by Crippen LogP contribution is -2.29. The Kier molecular flexibility index (Phi) is 6.44. The maximum absolute atomic E-state index is 13.0. The molecule has 0 unspecified atom stereocenters. The van der Waals surface area contributed by atoms with Crippen LogP contribution < -0.4 is 14.4 Å². The van der Waals surface area contributed by atoms with Gasteiger partial charge in [0, 0.05) is 22.8 Å². The summed E-state index contributed by atoms with van der Waals surface area (Å²) < 4.78 is 11.3. The molecule has 0 saturated heterocycles. The Hall–Kier alpha value is -3.75. The van der Waals surface area contributed by atoms with Crippen LogP contribution in [0, 0.1) is 11.3 Å². The Labute approximate surface area is 192 Å². The van der Waals surface area contributed by atoms with Crippen LogP contribution in [-0.4, -0.2) is 19.6 Å². The second-order valence-corrected chi connectivity index (χ2v) is 7.70. The predicted octanol–water partition coefficient (Wildman–Crippen LogP) is 5.42. The molecular formula is C26H21ClN2O3. The summed E-state index contributed by atoms with van der Waals surface area (Å²) in [7, 11) is 1.54. The number of anilines is 1. The van der Waals surface area contributed by atoms with E-state index in [-0.39, 0.29) is 11.5 Å². The number of fused-ring (bicyclic) bond motifs is 1. The summed E-state index contributed by atoms with van der Waals surface area (Å²) in [5.41, 5.74) is 3.57. The summed E-state index contributed by atoms with van der Waals surface area (Å²) in [6.45, 7) is 0.858. The third kappa shape index (κ3) is 4.46. The van der Waals surface area contributed by atoms with E-state index < -0.39 is 0 Å². The summed E-state index contributed by atoms with van der Waals surface area (Å²) in [6.07, 6.45) is 2.36. The molecule has 0 atom stereocenters. The molecule has 0 spiro atoms. The topological polar surface area (TPSA) is 62.6 Å². The zero-order chi connectivity index (χ0) is 22.5. The van der Waals surface area contributed by atoms with Gasteiger partial charge in [0.15, 0.2) is 11.5 Å². The van der Waals surface area contributed by atoms with E-state index in [1.165, 1.54) is 0 Å². The molecule has 0 aromatic heterocycles. The van der Waals surface area contributed by atoms with Crippen molar-refractivity contribution in [3.63, 3.8) is 0 Å². The highest BCUT2D eigenvalue weighted by Gasteiger charge is 2.26. The number of rotatable bonds is 6. The molecule has 1 aliphatic heterocycles. The summed E-state index contributed by atoms with van der Waals surface area (Å²) in [5.74, 6) is 0.736. The van der Waals surface area contributed by atoms with Crippen LogP contribution in [0.2, 0.25) is 5.02 Å². The number of amides is 1. The molecule has 0 N–H and O–H groups in total. The molecule has 160 valence electrons. The zero-order valence-electron chi connectivity index (χ0n) is 17.5. The summed E-state index contributed by atoms with van der Waals surface area (Å²) in [6, 6.07) is 22.6. The SMILES string of the molecule is COc1cc(C=C(C#N)C(=O)N2CCc3ccccc32)ccc1OCc1ccccc1Cl. The summed E-state index contributed by atoms with van der Waals surface area (Å²) in [4.78, 5) is 14.7. The van der Waals surface area contributed by atoms with Gasteiger partial charge < -0.3 is 14.4 Å². The third-order valence-electron chi connectivity index (χ3n) is 5.32. The van der Waals surface area contributed by atoms with E-state index >= 15 is 0 Å². The number of benzene rings is 3. The quantitative estimate of drug-likeness (QED) is 0.376. The van der Waals surface area contributed by atoms with Gasteiger partial charge in [0.1, 0.15) is 18.2 Å². The van der Waals surface area contributed by atoms with Gasteiger partial charge in [0.25, 0.3) is 5.91 Å². The van der Waals surface area contributed by atoms with Crippen LogP contribution in [0.25, 0.3) is 6.08 Å². The lowest BCUT2D eigenvalue weighted by atomic mass is 10.1. The van der Waals surface area contributed by atoms with Gasteiger partial charge in [0.05, 0.1) is 7.11 Å². The lowest BCUT2D eigenvalue weighted by molar-refractivity contribution is -0.114. The maximum atomic E-state index is 13.0. The molecule has 6 heteroatoms.